The maximum absolute atomic E-state index is 13.5. The minimum atomic E-state index is -1.61. The van der Waals surface area contributed by atoms with E-state index in [0.717, 1.165) is 0 Å². The minimum Gasteiger partial charge on any atom is -0.457 e. The van der Waals surface area contributed by atoms with Gasteiger partial charge in [-0.05, 0) is 32.1 Å². The van der Waals surface area contributed by atoms with Gasteiger partial charge in [0.1, 0.15) is 11.2 Å². The topological polar surface area (TPSA) is 110 Å². The van der Waals surface area contributed by atoms with Crippen molar-refractivity contribution in [3.8, 4) is 0 Å². The Morgan fingerprint density at radius 2 is 1.79 bits per heavy atom. The van der Waals surface area contributed by atoms with Crippen LogP contribution in [0, 0.1) is 22.7 Å². The van der Waals surface area contributed by atoms with Crippen LogP contribution in [0.1, 0.15) is 54.4 Å². The standard InChI is InChI=1S/C22H32O7/c1-8-20(5)17(27)13(25)16-21(6)12(24)9-10-19(3,4)15(21)14(26)18(28-11(2)23)22(16,7)29-20/h8,12,14-16,18,24,26H,1,9-10H2,2-7H3/t12-,14-,15-,16?,18-,20-,21-,22-/m0/s1. The van der Waals surface area contributed by atoms with Gasteiger partial charge in [0.05, 0.1) is 18.1 Å². The molecule has 0 amide bonds. The summed E-state index contributed by atoms with van der Waals surface area (Å²) in [6.07, 6.45) is -0.991. The van der Waals surface area contributed by atoms with Crippen molar-refractivity contribution < 1.29 is 34.1 Å². The molecular weight excluding hydrogens is 376 g/mol. The lowest BCUT2D eigenvalue weighted by atomic mass is 9.41. The summed E-state index contributed by atoms with van der Waals surface area (Å²) in [5, 5.41) is 22.5. The molecule has 1 saturated heterocycles. The van der Waals surface area contributed by atoms with Crippen molar-refractivity contribution >= 4 is 17.5 Å². The SMILES string of the molecule is C=C[C@]1(C)O[C@@]2(C)C(C(=O)C1=O)[C@@]1(C)[C@@H](O)CCC(C)(C)[C@@H]1[C@H](O)[C@@H]2OC(C)=O. The van der Waals surface area contributed by atoms with Gasteiger partial charge in [0, 0.05) is 18.3 Å². The quantitative estimate of drug-likeness (QED) is 0.405. The lowest BCUT2D eigenvalue weighted by Crippen LogP contribution is -2.79. The lowest BCUT2D eigenvalue weighted by molar-refractivity contribution is -0.314. The van der Waals surface area contributed by atoms with Crippen molar-refractivity contribution in [1.29, 1.82) is 0 Å². The number of Topliss-reactive ketones (excluding diaryl/α,β-unsaturated/α-hetero) is 2. The maximum atomic E-state index is 13.5. The third kappa shape index (κ3) is 2.77. The number of esters is 1. The summed E-state index contributed by atoms with van der Waals surface area (Å²) >= 11 is 0. The van der Waals surface area contributed by atoms with Gasteiger partial charge in [-0.25, -0.2) is 0 Å². The van der Waals surface area contributed by atoms with Crippen LogP contribution in [0.15, 0.2) is 12.7 Å². The molecule has 3 fully saturated rings. The van der Waals surface area contributed by atoms with E-state index in [2.05, 4.69) is 6.58 Å². The summed E-state index contributed by atoms with van der Waals surface area (Å²) in [5.74, 6) is -3.73. The average Bonchev–Trinajstić information content (AvgIpc) is 2.60. The molecule has 7 nitrogen and oxygen atoms in total. The van der Waals surface area contributed by atoms with Crippen LogP contribution in [0.5, 0.6) is 0 Å². The molecule has 0 aromatic rings. The number of fused-ring (bicyclic) bond motifs is 3. The van der Waals surface area contributed by atoms with Crippen LogP contribution in [-0.4, -0.2) is 57.3 Å². The highest BCUT2D eigenvalue weighted by Crippen LogP contribution is 2.65. The van der Waals surface area contributed by atoms with Crippen molar-refractivity contribution in [3.63, 3.8) is 0 Å². The van der Waals surface area contributed by atoms with E-state index in [1.165, 1.54) is 19.9 Å². The van der Waals surface area contributed by atoms with Crippen molar-refractivity contribution in [3.05, 3.63) is 12.7 Å². The van der Waals surface area contributed by atoms with Crippen molar-refractivity contribution in [1.82, 2.24) is 0 Å². The molecular formula is C22H32O7. The van der Waals surface area contributed by atoms with E-state index >= 15 is 0 Å². The normalized spacial score (nSPS) is 49.0. The zero-order valence-electron chi connectivity index (χ0n) is 18.0. The number of ketones is 2. The summed E-state index contributed by atoms with van der Waals surface area (Å²) in [7, 11) is 0. The highest BCUT2D eigenvalue weighted by atomic mass is 16.6. The fourth-order valence-electron chi connectivity index (χ4n) is 6.56. The van der Waals surface area contributed by atoms with Crippen LogP contribution in [0.3, 0.4) is 0 Å². The van der Waals surface area contributed by atoms with E-state index in [1.807, 2.05) is 13.8 Å². The van der Waals surface area contributed by atoms with Crippen molar-refractivity contribution in [2.75, 3.05) is 0 Å². The highest BCUT2D eigenvalue weighted by Gasteiger charge is 2.75. The second-order valence-corrected chi connectivity index (χ2v) is 10.1. The first-order chi connectivity index (χ1) is 13.2. The van der Waals surface area contributed by atoms with Crippen LogP contribution in [0.25, 0.3) is 0 Å². The summed E-state index contributed by atoms with van der Waals surface area (Å²) in [6, 6.07) is 0. The third-order valence-corrected chi connectivity index (χ3v) is 7.76. The Kier molecular flexibility index (Phi) is 4.93. The van der Waals surface area contributed by atoms with Gasteiger partial charge in [0.2, 0.25) is 11.6 Å². The number of rotatable bonds is 2. The average molecular weight is 408 g/mol. The Bertz CT molecular complexity index is 773. The molecule has 162 valence electrons. The van der Waals surface area contributed by atoms with Crippen LogP contribution >= 0.6 is 0 Å². The van der Waals surface area contributed by atoms with Crippen molar-refractivity contribution in [2.45, 2.75) is 83.9 Å². The van der Waals surface area contributed by atoms with E-state index in [0.29, 0.717) is 12.8 Å². The molecule has 0 radical (unpaired) electrons. The summed E-state index contributed by atoms with van der Waals surface area (Å²) in [5.41, 5.74) is -4.73. The molecule has 0 bridgehead atoms. The number of aliphatic hydroxyl groups excluding tert-OH is 2. The van der Waals surface area contributed by atoms with Gasteiger partial charge in [-0.15, -0.1) is 0 Å². The minimum absolute atomic E-state index is 0.428. The molecule has 0 aromatic carbocycles. The predicted molar refractivity (Wildman–Crippen MR) is 104 cm³/mol. The first kappa shape index (κ1) is 22.1. The monoisotopic (exact) mass is 408 g/mol. The summed E-state index contributed by atoms with van der Waals surface area (Å²) in [6.45, 7) is 13.5. The molecule has 1 unspecified atom stereocenters. The highest BCUT2D eigenvalue weighted by molar-refractivity contribution is 6.42. The number of hydrogen-bond acceptors (Lipinski definition) is 7. The summed E-state index contributed by atoms with van der Waals surface area (Å²) < 4.78 is 11.7. The zero-order chi connectivity index (χ0) is 22.2. The van der Waals surface area contributed by atoms with E-state index < -0.39 is 69.7 Å². The molecule has 2 saturated carbocycles. The molecule has 1 aliphatic heterocycles. The first-order valence-corrected chi connectivity index (χ1v) is 10.1. The lowest BCUT2D eigenvalue weighted by Gasteiger charge is -2.67. The largest absolute Gasteiger partial charge is 0.457 e. The molecule has 2 aliphatic carbocycles. The van der Waals surface area contributed by atoms with Gasteiger partial charge in [0.25, 0.3) is 0 Å². The molecule has 3 aliphatic rings. The Morgan fingerprint density at radius 3 is 2.31 bits per heavy atom. The molecule has 7 heteroatoms. The van der Waals surface area contributed by atoms with E-state index in [4.69, 9.17) is 9.47 Å². The number of ether oxygens (including phenoxy) is 2. The van der Waals surface area contributed by atoms with E-state index in [-0.39, 0.29) is 0 Å². The van der Waals surface area contributed by atoms with Crippen LogP contribution < -0.4 is 0 Å². The van der Waals surface area contributed by atoms with E-state index in [1.54, 1.807) is 13.8 Å². The van der Waals surface area contributed by atoms with Gasteiger partial charge in [0.15, 0.2) is 6.10 Å². The number of carbonyl (C=O) groups is 3. The fraction of sp³-hybridized carbons (Fsp3) is 0.773. The smallest absolute Gasteiger partial charge is 0.303 e. The van der Waals surface area contributed by atoms with Gasteiger partial charge >= 0.3 is 5.97 Å². The Hall–Kier alpha value is -1.57. The molecule has 2 N–H and O–H groups in total. The van der Waals surface area contributed by atoms with E-state index in [9.17, 15) is 24.6 Å². The van der Waals surface area contributed by atoms with Crippen LogP contribution in [-0.2, 0) is 23.9 Å². The Morgan fingerprint density at radius 1 is 1.21 bits per heavy atom. The Balaban J connectivity index is 2.29. The summed E-state index contributed by atoms with van der Waals surface area (Å²) in [4.78, 5) is 38.4. The van der Waals surface area contributed by atoms with Gasteiger partial charge in [-0.2, -0.15) is 0 Å². The fourth-order valence-corrected chi connectivity index (χ4v) is 6.56. The Labute approximate surface area is 171 Å². The van der Waals surface area contributed by atoms with Crippen LogP contribution in [0.4, 0.5) is 0 Å². The zero-order valence-corrected chi connectivity index (χ0v) is 18.0. The number of hydrogen-bond donors (Lipinski definition) is 2. The van der Waals surface area contributed by atoms with Crippen LogP contribution in [0.2, 0.25) is 0 Å². The molecule has 0 aromatic heterocycles. The second kappa shape index (κ2) is 6.46. The number of aliphatic hydroxyl groups is 2. The van der Waals surface area contributed by atoms with Gasteiger partial charge in [-0.1, -0.05) is 33.4 Å². The third-order valence-electron chi connectivity index (χ3n) is 7.76. The predicted octanol–water partition coefficient (Wildman–Crippen LogP) is 1.58. The molecule has 1 heterocycles. The molecule has 8 atom stereocenters. The van der Waals surface area contributed by atoms with Crippen molar-refractivity contribution in [2.24, 2.45) is 22.7 Å². The van der Waals surface area contributed by atoms with Gasteiger partial charge < -0.3 is 19.7 Å². The number of carbonyl (C=O) groups excluding carboxylic acids is 3. The molecule has 0 spiro atoms. The maximum Gasteiger partial charge on any atom is 0.303 e. The molecule has 29 heavy (non-hydrogen) atoms. The molecule has 3 rings (SSSR count). The second-order valence-electron chi connectivity index (χ2n) is 10.1. The van der Waals surface area contributed by atoms with Gasteiger partial charge in [-0.3, -0.25) is 14.4 Å². The first-order valence-electron chi connectivity index (χ1n) is 10.1.